The maximum Gasteiger partial charge on any atom is 0.442 e. The van der Waals surface area contributed by atoms with Crippen molar-refractivity contribution in [1.82, 2.24) is 30.8 Å². The molecule has 0 radical (unpaired) electrons. The Morgan fingerprint density at radius 3 is 2.67 bits per heavy atom. The van der Waals surface area contributed by atoms with Gasteiger partial charge in [0.2, 0.25) is 17.9 Å². The molecule has 0 spiro atoms. The Morgan fingerprint density at radius 2 is 2.06 bits per heavy atom. The number of nitrogens with two attached hydrogens (primary N) is 1. The van der Waals surface area contributed by atoms with E-state index < -0.39 is 76.3 Å². The molecule has 1 fully saturated rings. The molecule has 3 heterocycles. The summed E-state index contributed by atoms with van der Waals surface area (Å²) in [5.41, 5.74) is 1.15. The second-order valence-corrected chi connectivity index (χ2v) is 10.8. The number of halogens is 3. The first-order valence-corrected chi connectivity index (χ1v) is 13.0. The molecule has 1 saturated heterocycles. The molecule has 4 N–H and O–H groups in total. The quantitative estimate of drug-likeness (QED) is 0.148. The number of aromatic amines is 1. The largest absolute Gasteiger partial charge is 0.442 e. The van der Waals surface area contributed by atoms with Gasteiger partial charge in [-0.25, -0.2) is 9.89 Å². The molecular formula is C17H20F3N7O6S3. The number of β-lactam (4-membered cyclic amide) rings is 1. The lowest BCUT2D eigenvalue weighted by molar-refractivity contribution is -0.168. The maximum atomic E-state index is 13.0. The number of carbonyl (C=O) groups is 4. The minimum absolute atomic E-state index is 0.122. The molecule has 0 bridgehead atoms. The SMILES string of the molecule is CC(Sc1nnn[nH]1)C1=C(C(=O)OCOC(=O)[C@H](C)N)N2C(=O)C(NC(=O)CSC(F)(F)F)[C@@H]2SC1. The normalized spacial score (nSPS) is 21.3. The van der Waals surface area contributed by atoms with Crippen molar-refractivity contribution in [3.8, 4) is 0 Å². The Kier molecular flexibility index (Phi) is 9.12. The third-order valence-electron chi connectivity index (χ3n) is 4.74. The van der Waals surface area contributed by atoms with E-state index >= 15 is 0 Å². The van der Waals surface area contributed by atoms with Crippen LogP contribution in [0.4, 0.5) is 13.2 Å². The summed E-state index contributed by atoms with van der Waals surface area (Å²) in [6.45, 7) is 2.37. The van der Waals surface area contributed by atoms with Crippen molar-refractivity contribution < 1.29 is 41.8 Å². The van der Waals surface area contributed by atoms with Crippen molar-refractivity contribution in [2.45, 2.75) is 47.2 Å². The van der Waals surface area contributed by atoms with E-state index in [2.05, 4.69) is 25.9 Å². The van der Waals surface area contributed by atoms with Gasteiger partial charge in [-0.1, -0.05) is 11.8 Å². The highest BCUT2D eigenvalue weighted by Crippen LogP contribution is 2.43. The minimum Gasteiger partial charge on any atom is -0.427 e. The number of amides is 2. The van der Waals surface area contributed by atoms with Gasteiger partial charge in [0.05, 0.1) is 5.75 Å². The number of alkyl halides is 3. The monoisotopic (exact) mass is 571 g/mol. The zero-order valence-corrected chi connectivity index (χ0v) is 21.1. The first-order valence-electron chi connectivity index (χ1n) is 10.1. The number of tetrazole rings is 1. The molecule has 36 heavy (non-hydrogen) atoms. The number of rotatable bonds is 10. The predicted molar refractivity (Wildman–Crippen MR) is 121 cm³/mol. The minimum atomic E-state index is -4.60. The van der Waals surface area contributed by atoms with Gasteiger partial charge in [0, 0.05) is 11.0 Å². The molecule has 19 heteroatoms. The van der Waals surface area contributed by atoms with Crippen LogP contribution in [0.5, 0.6) is 0 Å². The van der Waals surface area contributed by atoms with Crippen LogP contribution >= 0.6 is 35.3 Å². The van der Waals surface area contributed by atoms with E-state index in [0.29, 0.717) is 10.7 Å². The van der Waals surface area contributed by atoms with Gasteiger partial charge in [-0.2, -0.15) is 13.2 Å². The molecule has 2 amide bonds. The molecule has 2 aliphatic rings. The highest BCUT2D eigenvalue weighted by molar-refractivity contribution is 8.01. The van der Waals surface area contributed by atoms with Gasteiger partial charge >= 0.3 is 17.4 Å². The van der Waals surface area contributed by atoms with E-state index in [1.54, 1.807) is 6.92 Å². The Labute approximate surface area is 214 Å². The molecule has 0 aliphatic carbocycles. The van der Waals surface area contributed by atoms with Crippen molar-refractivity contribution >= 4 is 59.0 Å². The lowest BCUT2D eigenvalue weighted by atomic mass is 10.0. The topological polar surface area (TPSA) is 182 Å². The van der Waals surface area contributed by atoms with Crippen LogP contribution in [0.1, 0.15) is 13.8 Å². The van der Waals surface area contributed by atoms with Crippen molar-refractivity contribution in [3.05, 3.63) is 11.3 Å². The number of nitrogens with one attached hydrogen (secondary N) is 2. The highest BCUT2D eigenvalue weighted by Gasteiger charge is 2.55. The van der Waals surface area contributed by atoms with Crippen molar-refractivity contribution in [2.24, 2.45) is 5.73 Å². The van der Waals surface area contributed by atoms with Crippen LogP contribution in [-0.2, 0) is 28.7 Å². The number of esters is 2. The zero-order valence-electron chi connectivity index (χ0n) is 18.6. The van der Waals surface area contributed by atoms with Gasteiger partial charge in [-0.3, -0.25) is 19.3 Å². The standard InChI is InChI=1S/C17H20F3N7O6S3/c1-6(21)14(30)32-5-33-15(31)11-8(7(2)36-16-23-25-26-24-16)3-34-13-10(12(29)27(11)13)22-9(28)4-35-17(18,19)20/h6-7,10,13H,3-5,21H2,1-2H3,(H,22,28)(H,23,24,25,26)/t6-,7?,10?,13-/m0/s1. The summed E-state index contributed by atoms with van der Waals surface area (Å²) < 4.78 is 46.9. The van der Waals surface area contributed by atoms with Gasteiger partial charge in [0.25, 0.3) is 5.91 Å². The number of hydrogen-bond donors (Lipinski definition) is 3. The molecule has 0 saturated carbocycles. The smallest absolute Gasteiger partial charge is 0.427 e. The maximum absolute atomic E-state index is 13.0. The fraction of sp³-hybridized carbons (Fsp3) is 0.588. The summed E-state index contributed by atoms with van der Waals surface area (Å²) in [5.74, 6) is -4.15. The number of hydrogen-bond acceptors (Lipinski definition) is 13. The van der Waals surface area contributed by atoms with E-state index in [-0.39, 0.29) is 11.4 Å². The summed E-state index contributed by atoms with van der Waals surface area (Å²) in [4.78, 5) is 50.4. The molecule has 0 aromatic carbocycles. The molecule has 1 aromatic rings. The van der Waals surface area contributed by atoms with Gasteiger partial charge in [-0.05, 0) is 41.6 Å². The van der Waals surface area contributed by atoms with Crippen LogP contribution in [0.3, 0.4) is 0 Å². The lowest BCUT2D eigenvalue weighted by Gasteiger charge is -2.50. The molecular weight excluding hydrogens is 551 g/mol. The average Bonchev–Trinajstić information content (AvgIpc) is 3.32. The predicted octanol–water partition coefficient (Wildman–Crippen LogP) is -0.0216. The Morgan fingerprint density at radius 1 is 1.33 bits per heavy atom. The van der Waals surface area contributed by atoms with Crippen LogP contribution in [-0.4, -0.2) is 95.8 Å². The second-order valence-electron chi connectivity index (χ2n) is 7.33. The van der Waals surface area contributed by atoms with E-state index in [1.807, 2.05) is 0 Å². The van der Waals surface area contributed by atoms with Crippen LogP contribution < -0.4 is 11.1 Å². The number of carbonyl (C=O) groups excluding carboxylic acids is 4. The third-order valence-corrected chi connectivity index (χ3v) is 7.81. The number of fused-ring (bicyclic) bond motifs is 1. The lowest BCUT2D eigenvalue weighted by Crippen LogP contribution is -2.71. The Balaban J connectivity index is 1.76. The van der Waals surface area contributed by atoms with Crippen molar-refractivity contribution in [3.63, 3.8) is 0 Å². The molecule has 2 unspecified atom stereocenters. The van der Waals surface area contributed by atoms with Crippen LogP contribution in [0.15, 0.2) is 16.4 Å². The number of thioether (sulfide) groups is 3. The molecule has 4 atom stereocenters. The van der Waals surface area contributed by atoms with Gasteiger partial charge in [0.15, 0.2) is 0 Å². The molecule has 2 aliphatic heterocycles. The third kappa shape index (κ3) is 6.83. The van der Waals surface area contributed by atoms with E-state index in [0.717, 1.165) is 4.90 Å². The Hall–Kier alpha value is -2.51. The number of ether oxygens (including phenoxy) is 2. The zero-order chi connectivity index (χ0) is 26.6. The van der Waals surface area contributed by atoms with E-state index in [4.69, 9.17) is 15.2 Å². The number of nitrogens with zero attached hydrogens (tertiary/aromatic N) is 4. The summed E-state index contributed by atoms with van der Waals surface area (Å²) in [6, 6.07) is -2.07. The van der Waals surface area contributed by atoms with E-state index in [9.17, 15) is 32.3 Å². The summed E-state index contributed by atoms with van der Waals surface area (Å²) >= 11 is 1.86. The van der Waals surface area contributed by atoms with Crippen molar-refractivity contribution in [1.29, 1.82) is 0 Å². The molecule has 198 valence electrons. The van der Waals surface area contributed by atoms with Crippen LogP contribution in [0, 0.1) is 0 Å². The molecule has 3 rings (SSSR count). The first kappa shape index (κ1) is 28.1. The van der Waals surface area contributed by atoms with Crippen molar-refractivity contribution in [2.75, 3.05) is 18.3 Å². The van der Waals surface area contributed by atoms with Gasteiger partial charge in [0.1, 0.15) is 23.2 Å². The van der Waals surface area contributed by atoms with Gasteiger partial charge in [-0.15, -0.1) is 16.9 Å². The molecule has 13 nitrogen and oxygen atoms in total. The summed E-state index contributed by atoms with van der Waals surface area (Å²) in [6.07, 6.45) is 0. The highest BCUT2D eigenvalue weighted by atomic mass is 32.2. The van der Waals surface area contributed by atoms with Crippen LogP contribution in [0.2, 0.25) is 0 Å². The first-order chi connectivity index (χ1) is 16.9. The second kappa shape index (κ2) is 11.7. The summed E-state index contributed by atoms with van der Waals surface area (Å²) in [7, 11) is 0. The Bertz CT molecular complexity index is 1040. The van der Waals surface area contributed by atoms with E-state index in [1.165, 1.54) is 30.4 Å². The van der Waals surface area contributed by atoms with Crippen LogP contribution in [0.25, 0.3) is 0 Å². The fourth-order valence-electron chi connectivity index (χ4n) is 3.09. The summed E-state index contributed by atoms with van der Waals surface area (Å²) in [5, 5.41) is 14.7. The van der Waals surface area contributed by atoms with Gasteiger partial charge < -0.3 is 20.5 Å². The number of H-pyrrole nitrogens is 1. The average molecular weight is 572 g/mol. The number of aromatic nitrogens is 4. The molecule has 1 aromatic heterocycles. The fourth-order valence-corrected chi connectivity index (χ4v) is 5.89.